The molecule has 0 radical (unpaired) electrons. The van der Waals surface area contributed by atoms with Crippen molar-refractivity contribution in [2.75, 3.05) is 13.7 Å². The van der Waals surface area contributed by atoms with Crippen LogP contribution in [0, 0.1) is 0 Å². The van der Waals surface area contributed by atoms with E-state index in [4.69, 9.17) is 4.74 Å². The quantitative estimate of drug-likeness (QED) is 0.647. The molecule has 0 spiro atoms. The lowest BCUT2D eigenvalue weighted by atomic mass is 10.1. The third-order valence-electron chi connectivity index (χ3n) is 3.85. The first-order valence-corrected chi connectivity index (χ1v) is 10.3. The minimum Gasteiger partial charge on any atom is -0.494 e. The lowest BCUT2D eigenvalue weighted by molar-refractivity contribution is -0.116. The van der Waals surface area contributed by atoms with Crippen molar-refractivity contribution >= 4 is 22.0 Å². The Morgan fingerprint density at radius 1 is 1.07 bits per heavy atom. The molecule has 2 N–H and O–H groups in total. The molecule has 0 bridgehead atoms. The summed E-state index contributed by atoms with van der Waals surface area (Å²) in [6.07, 6.45) is 3.16. The smallest absolute Gasteiger partial charge is 0.244 e. The van der Waals surface area contributed by atoms with E-state index < -0.39 is 10.0 Å². The largest absolute Gasteiger partial charge is 0.494 e. The average Bonchev–Trinajstić information content (AvgIpc) is 2.67. The van der Waals surface area contributed by atoms with Crippen molar-refractivity contribution in [3.8, 4) is 5.75 Å². The summed E-state index contributed by atoms with van der Waals surface area (Å²) in [5.41, 5.74) is 2.30. The molecule has 0 heterocycles. The molecule has 0 aromatic heterocycles. The van der Waals surface area contributed by atoms with Gasteiger partial charge in [0.15, 0.2) is 0 Å². The van der Waals surface area contributed by atoms with Crippen LogP contribution in [0.15, 0.2) is 54.6 Å². The predicted octanol–water partition coefficient (Wildman–Crippen LogP) is 2.46. The molecular weight excluding hydrogens is 364 g/mol. The molecule has 0 aliphatic heterocycles. The van der Waals surface area contributed by atoms with E-state index in [0.29, 0.717) is 12.2 Å². The van der Waals surface area contributed by atoms with Crippen LogP contribution in [-0.2, 0) is 27.1 Å². The highest BCUT2D eigenvalue weighted by molar-refractivity contribution is 7.88. The Morgan fingerprint density at radius 2 is 1.74 bits per heavy atom. The zero-order chi connectivity index (χ0) is 19.7. The number of carbonyl (C=O) groups is 1. The van der Waals surface area contributed by atoms with Crippen molar-refractivity contribution in [3.05, 3.63) is 71.3 Å². The molecule has 0 saturated heterocycles. The second-order valence-electron chi connectivity index (χ2n) is 5.79. The van der Waals surface area contributed by atoms with E-state index in [2.05, 4.69) is 10.0 Å². The molecule has 0 aliphatic carbocycles. The highest BCUT2D eigenvalue weighted by Gasteiger charge is 2.12. The lowest BCUT2D eigenvalue weighted by Gasteiger charge is -2.10. The van der Waals surface area contributed by atoms with Crippen LogP contribution < -0.4 is 14.8 Å². The van der Waals surface area contributed by atoms with Gasteiger partial charge in [-0.25, -0.2) is 13.1 Å². The Morgan fingerprint density at radius 3 is 2.37 bits per heavy atom. The van der Waals surface area contributed by atoms with Crippen molar-refractivity contribution in [3.63, 3.8) is 0 Å². The van der Waals surface area contributed by atoms with Crippen LogP contribution >= 0.6 is 0 Å². The van der Waals surface area contributed by atoms with Gasteiger partial charge in [-0.3, -0.25) is 4.79 Å². The first kappa shape index (κ1) is 20.7. The van der Waals surface area contributed by atoms with E-state index in [0.717, 1.165) is 16.9 Å². The fourth-order valence-corrected chi connectivity index (χ4v) is 3.24. The number of hydrogen-bond acceptors (Lipinski definition) is 4. The summed E-state index contributed by atoms with van der Waals surface area (Å²) in [7, 11) is -1.99. The van der Waals surface area contributed by atoms with Gasteiger partial charge < -0.3 is 10.1 Å². The van der Waals surface area contributed by atoms with Crippen molar-refractivity contribution in [1.29, 1.82) is 0 Å². The maximum absolute atomic E-state index is 12.1. The molecule has 1 amide bonds. The number of amides is 1. The molecule has 27 heavy (non-hydrogen) atoms. The Labute approximate surface area is 160 Å². The van der Waals surface area contributed by atoms with Crippen LogP contribution in [0.25, 0.3) is 6.08 Å². The number of rotatable bonds is 9. The minimum atomic E-state index is -3.37. The van der Waals surface area contributed by atoms with E-state index >= 15 is 0 Å². The number of hydrogen-bond donors (Lipinski definition) is 2. The summed E-state index contributed by atoms with van der Waals surface area (Å²) in [5.74, 6) is 0.403. The summed E-state index contributed by atoms with van der Waals surface area (Å²) < 4.78 is 31.2. The van der Waals surface area contributed by atoms with Gasteiger partial charge in [-0.15, -0.1) is 0 Å². The Kier molecular flexibility index (Phi) is 7.57. The van der Waals surface area contributed by atoms with Gasteiger partial charge in [-0.05, 0) is 48.9 Å². The fraction of sp³-hybridized carbons (Fsp3) is 0.250. The molecule has 2 rings (SSSR count). The Hall–Kier alpha value is -2.64. The number of sulfonamides is 1. The Bertz CT molecular complexity index is 890. The van der Waals surface area contributed by atoms with E-state index in [1.165, 1.54) is 13.1 Å². The second kappa shape index (κ2) is 9.89. The van der Waals surface area contributed by atoms with Gasteiger partial charge in [0.2, 0.25) is 15.9 Å². The van der Waals surface area contributed by atoms with E-state index in [9.17, 15) is 13.2 Å². The lowest BCUT2D eigenvalue weighted by Crippen LogP contribution is -2.24. The van der Waals surface area contributed by atoms with Crippen molar-refractivity contribution in [1.82, 2.24) is 10.0 Å². The summed E-state index contributed by atoms with van der Waals surface area (Å²) in [6.45, 7) is 2.78. The monoisotopic (exact) mass is 388 g/mol. The van der Waals surface area contributed by atoms with Gasteiger partial charge in [0.05, 0.1) is 12.4 Å². The standard InChI is InChI=1S/C20H24N2O4S/c1-3-26-19-11-8-16(9-12-19)10-13-20(23)22-14-17-6-4-5-7-18(17)15-27(24,25)21-2/h4-13,21H,3,14-15H2,1-2H3,(H,22,23). The van der Waals surface area contributed by atoms with Crippen molar-refractivity contribution in [2.45, 2.75) is 19.2 Å². The zero-order valence-electron chi connectivity index (χ0n) is 15.4. The molecule has 7 heteroatoms. The van der Waals surface area contributed by atoms with Crippen LogP contribution in [-0.4, -0.2) is 28.0 Å². The third kappa shape index (κ3) is 6.88. The van der Waals surface area contributed by atoms with Crippen LogP contribution in [0.4, 0.5) is 0 Å². The number of carbonyl (C=O) groups excluding carboxylic acids is 1. The molecule has 0 unspecified atom stereocenters. The maximum atomic E-state index is 12.1. The molecule has 2 aromatic rings. The van der Waals surface area contributed by atoms with Gasteiger partial charge >= 0.3 is 0 Å². The molecule has 0 fully saturated rings. The van der Waals surface area contributed by atoms with Gasteiger partial charge in [-0.2, -0.15) is 0 Å². The molecule has 0 atom stereocenters. The summed E-state index contributed by atoms with van der Waals surface area (Å²) in [5, 5.41) is 2.78. The van der Waals surface area contributed by atoms with Gasteiger partial charge in [0, 0.05) is 12.6 Å². The molecule has 144 valence electrons. The predicted molar refractivity (Wildman–Crippen MR) is 107 cm³/mol. The van der Waals surface area contributed by atoms with Gasteiger partial charge in [0.25, 0.3) is 0 Å². The van der Waals surface area contributed by atoms with Crippen LogP contribution in [0.5, 0.6) is 5.75 Å². The topological polar surface area (TPSA) is 84.5 Å². The van der Waals surface area contributed by atoms with Gasteiger partial charge in [0.1, 0.15) is 5.75 Å². The summed E-state index contributed by atoms with van der Waals surface area (Å²) in [6, 6.07) is 14.6. The molecule has 0 aliphatic rings. The summed E-state index contributed by atoms with van der Waals surface area (Å²) in [4.78, 5) is 12.1. The number of benzene rings is 2. The maximum Gasteiger partial charge on any atom is 0.244 e. The van der Waals surface area contributed by atoms with Crippen LogP contribution in [0.1, 0.15) is 23.6 Å². The van der Waals surface area contributed by atoms with Crippen molar-refractivity contribution in [2.24, 2.45) is 0 Å². The van der Waals surface area contributed by atoms with Crippen LogP contribution in [0.2, 0.25) is 0 Å². The van der Waals surface area contributed by atoms with Gasteiger partial charge in [-0.1, -0.05) is 36.4 Å². The highest BCUT2D eigenvalue weighted by atomic mass is 32.2. The normalized spacial score (nSPS) is 11.5. The average molecular weight is 388 g/mol. The number of nitrogens with one attached hydrogen (secondary N) is 2. The SMILES string of the molecule is CCOc1ccc(C=CC(=O)NCc2ccccc2CS(=O)(=O)NC)cc1. The highest BCUT2D eigenvalue weighted by Crippen LogP contribution is 2.14. The third-order valence-corrected chi connectivity index (χ3v) is 5.16. The molecule has 0 saturated carbocycles. The molecular formula is C20H24N2O4S. The second-order valence-corrected chi connectivity index (χ2v) is 7.71. The minimum absolute atomic E-state index is 0.127. The first-order chi connectivity index (χ1) is 12.9. The van der Waals surface area contributed by atoms with Crippen LogP contribution in [0.3, 0.4) is 0 Å². The van der Waals surface area contributed by atoms with E-state index in [1.807, 2.05) is 37.3 Å². The summed E-state index contributed by atoms with van der Waals surface area (Å²) >= 11 is 0. The number of ether oxygens (including phenoxy) is 1. The van der Waals surface area contributed by atoms with Crippen molar-refractivity contribution < 1.29 is 17.9 Å². The zero-order valence-corrected chi connectivity index (χ0v) is 16.3. The van der Waals surface area contributed by atoms with E-state index in [-0.39, 0.29) is 18.2 Å². The Balaban J connectivity index is 1.95. The first-order valence-electron chi connectivity index (χ1n) is 8.60. The van der Waals surface area contributed by atoms with E-state index in [1.54, 1.807) is 24.3 Å². The fourth-order valence-electron chi connectivity index (χ4n) is 2.40. The molecule has 6 nitrogen and oxygen atoms in total. The molecule has 2 aromatic carbocycles.